The molecule has 0 unspecified atom stereocenters. The highest BCUT2D eigenvalue weighted by Gasteiger charge is 2.46. The van der Waals surface area contributed by atoms with Crippen LogP contribution in [0.4, 0.5) is 4.79 Å². The van der Waals surface area contributed by atoms with Gasteiger partial charge in [0.25, 0.3) is 5.79 Å². The summed E-state index contributed by atoms with van der Waals surface area (Å²) in [7, 11) is 1.28. The van der Waals surface area contributed by atoms with E-state index in [2.05, 4.69) is 10.1 Å². The van der Waals surface area contributed by atoms with Gasteiger partial charge < -0.3 is 19.5 Å². The zero-order valence-corrected chi connectivity index (χ0v) is 13.0. The van der Waals surface area contributed by atoms with Crippen molar-refractivity contribution in [3.05, 3.63) is 0 Å². The predicted molar refractivity (Wildman–Crippen MR) is 73.6 cm³/mol. The second kappa shape index (κ2) is 7.77. The van der Waals surface area contributed by atoms with Gasteiger partial charge in [0.2, 0.25) is 5.92 Å². The summed E-state index contributed by atoms with van der Waals surface area (Å²) in [5.74, 6) is -5.05. The molecule has 1 rings (SSSR count). The van der Waals surface area contributed by atoms with Crippen molar-refractivity contribution in [3.8, 4) is 0 Å². The number of amides is 1. The molecule has 22 heavy (non-hydrogen) atoms. The number of alkyl carbamates (subject to hydrolysis) is 1. The summed E-state index contributed by atoms with van der Waals surface area (Å²) < 4.78 is 14.2. The number of carbonyl (C=O) groups is 4. The van der Waals surface area contributed by atoms with Gasteiger partial charge in [-0.3, -0.25) is 14.4 Å². The second-order valence-corrected chi connectivity index (χ2v) is 5.37. The molecular weight excluding hydrogens is 294 g/mol. The van der Waals surface area contributed by atoms with Crippen LogP contribution in [0.3, 0.4) is 0 Å². The topological polar surface area (TPSA) is 108 Å². The number of cyclic esters (lactones) is 2. The van der Waals surface area contributed by atoms with Gasteiger partial charge in [-0.1, -0.05) is 6.42 Å². The lowest BCUT2D eigenvalue weighted by atomic mass is 9.98. The van der Waals surface area contributed by atoms with Crippen LogP contribution in [-0.2, 0) is 28.6 Å². The number of ether oxygens (including phenoxy) is 3. The maximum atomic E-state index is 11.9. The molecule has 1 N–H and O–H groups in total. The average Bonchev–Trinajstić information content (AvgIpc) is 2.39. The number of methoxy groups -OCH3 is 1. The summed E-state index contributed by atoms with van der Waals surface area (Å²) in [6, 6.07) is 0. The zero-order chi connectivity index (χ0) is 16.8. The summed E-state index contributed by atoms with van der Waals surface area (Å²) in [4.78, 5) is 46.1. The summed E-state index contributed by atoms with van der Waals surface area (Å²) in [5.41, 5.74) is 0. The minimum Gasteiger partial charge on any atom is -0.453 e. The molecule has 0 atom stereocenters. The van der Waals surface area contributed by atoms with Crippen molar-refractivity contribution >= 4 is 23.8 Å². The monoisotopic (exact) mass is 315 g/mol. The maximum absolute atomic E-state index is 11.9. The average molecular weight is 315 g/mol. The van der Waals surface area contributed by atoms with Crippen LogP contribution in [0.25, 0.3) is 0 Å². The molecule has 0 aromatic carbocycles. The van der Waals surface area contributed by atoms with Crippen molar-refractivity contribution in [1.29, 1.82) is 0 Å². The smallest absolute Gasteiger partial charge is 0.406 e. The molecule has 124 valence electrons. The Morgan fingerprint density at radius 3 is 2.27 bits per heavy atom. The standard InChI is InChI=1S/C14H21NO7/c1-14(2)21-11(17)10(12(18)22-14)9(16)7-5-4-6-8-15-13(19)20-3/h10H,4-8H2,1-3H3,(H,15,19). The Kier molecular flexibility index (Phi) is 6.33. The molecule has 1 aliphatic rings. The molecule has 1 amide bonds. The lowest BCUT2D eigenvalue weighted by molar-refractivity contribution is -0.238. The van der Waals surface area contributed by atoms with E-state index in [0.29, 0.717) is 25.8 Å². The quantitative estimate of drug-likeness (QED) is 0.423. The number of esters is 2. The summed E-state index contributed by atoms with van der Waals surface area (Å²) in [6.07, 6.45) is 1.40. The summed E-state index contributed by atoms with van der Waals surface area (Å²) in [5, 5.41) is 2.51. The van der Waals surface area contributed by atoms with Crippen LogP contribution in [0.1, 0.15) is 39.5 Å². The van der Waals surface area contributed by atoms with Crippen molar-refractivity contribution in [1.82, 2.24) is 5.32 Å². The van der Waals surface area contributed by atoms with Crippen LogP contribution >= 0.6 is 0 Å². The van der Waals surface area contributed by atoms with Crippen LogP contribution in [0.2, 0.25) is 0 Å². The number of hydrogen-bond donors (Lipinski definition) is 1. The molecule has 0 radical (unpaired) electrons. The molecule has 8 heteroatoms. The fourth-order valence-corrected chi connectivity index (χ4v) is 1.99. The minimum atomic E-state index is -1.48. The largest absolute Gasteiger partial charge is 0.453 e. The Balaban J connectivity index is 2.29. The molecule has 0 aliphatic carbocycles. The van der Waals surface area contributed by atoms with Gasteiger partial charge in [0.1, 0.15) is 0 Å². The van der Waals surface area contributed by atoms with Crippen LogP contribution in [-0.4, -0.2) is 43.3 Å². The summed E-state index contributed by atoms with van der Waals surface area (Å²) in [6.45, 7) is 3.29. The number of rotatable bonds is 7. The van der Waals surface area contributed by atoms with Gasteiger partial charge in [0.15, 0.2) is 5.78 Å². The number of unbranched alkanes of at least 4 members (excludes halogenated alkanes) is 2. The third kappa shape index (κ3) is 5.34. The lowest BCUT2D eigenvalue weighted by Gasteiger charge is -2.32. The highest BCUT2D eigenvalue weighted by Crippen LogP contribution is 2.24. The Bertz CT molecular complexity index is 438. The second-order valence-electron chi connectivity index (χ2n) is 5.37. The van der Waals surface area contributed by atoms with E-state index >= 15 is 0 Å². The van der Waals surface area contributed by atoms with Gasteiger partial charge in [0, 0.05) is 26.8 Å². The Morgan fingerprint density at radius 1 is 1.14 bits per heavy atom. The lowest BCUT2D eigenvalue weighted by Crippen LogP contribution is -2.49. The Labute approximate surface area is 128 Å². The number of hydrogen-bond acceptors (Lipinski definition) is 7. The molecule has 1 saturated heterocycles. The first kappa shape index (κ1) is 17.9. The molecule has 1 aliphatic heterocycles. The first-order valence-corrected chi connectivity index (χ1v) is 7.07. The van der Waals surface area contributed by atoms with Gasteiger partial charge in [-0.25, -0.2) is 4.79 Å². The van der Waals surface area contributed by atoms with E-state index < -0.39 is 35.5 Å². The fourth-order valence-electron chi connectivity index (χ4n) is 1.99. The van der Waals surface area contributed by atoms with Crippen molar-refractivity contribution in [2.45, 2.75) is 45.3 Å². The number of Topliss-reactive ketones (excluding diaryl/α,β-unsaturated/α-hetero) is 1. The number of carbonyl (C=O) groups excluding carboxylic acids is 4. The minimum absolute atomic E-state index is 0.0769. The van der Waals surface area contributed by atoms with E-state index in [0.717, 1.165) is 0 Å². The molecule has 1 fully saturated rings. The normalized spacial score (nSPS) is 17.4. The van der Waals surface area contributed by atoms with E-state index in [9.17, 15) is 19.2 Å². The van der Waals surface area contributed by atoms with Gasteiger partial charge in [-0.05, 0) is 12.8 Å². The first-order chi connectivity index (χ1) is 10.3. The Morgan fingerprint density at radius 2 is 1.73 bits per heavy atom. The first-order valence-electron chi connectivity index (χ1n) is 7.07. The zero-order valence-electron chi connectivity index (χ0n) is 13.0. The van der Waals surface area contributed by atoms with E-state index in [4.69, 9.17) is 9.47 Å². The van der Waals surface area contributed by atoms with E-state index in [-0.39, 0.29) is 6.42 Å². The van der Waals surface area contributed by atoms with Crippen molar-refractivity contribution in [3.63, 3.8) is 0 Å². The molecule has 0 aromatic heterocycles. The molecule has 8 nitrogen and oxygen atoms in total. The van der Waals surface area contributed by atoms with E-state index in [1.54, 1.807) is 0 Å². The van der Waals surface area contributed by atoms with Crippen LogP contribution in [0, 0.1) is 5.92 Å². The van der Waals surface area contributed by atoms with E-state index in [1.807, 2.05) is 0 Å². The predicted octanol–water partition coefficient (Wildman–Crippen LogP) is 0.924. The van der Waals surface area contributed by atoms with Crippen molar-refractivity contribution in [2.75, 3.05) is 13.7 Å². The molecular formula is C14H21NO7. The Hall–Kier alpha value is -2.12. The van der Waals surface area contributed by atoms with Crippen molar-refractivity contribution in [2.24, 2.45) is 5.92 Å². The maximum Gasteiger partial charge on any atom is 0.406 e. The molecule has 0 aromatic rings. The van der Waals surface area contributed by atoms with Gasteiger partial charge in [-0.15, -0.1) is 0 Å². The fraction of sp³-hybridized carbons (Fsp3) is 0.714. The van der Waals surface area contributed by atoms with Gasteiger partial charge in [0.05, 0.1) is 7.11 Å². The van der Waals surface area contributed by atoms with Crippen LogP contribution < -0.4 is 5.32 Å². The molecule has 0 bridgehead atoms. The number of nitrogens with one attached hydrogen (secondary N) is 1. The van der Waals surface area contributed by atoms with Crippen molar-refractivity contribution < 1.29 is 33.4 Å². The molecule has 0 saturated carbocycles. The highest BCUT2D eigenvalue weighted by atomic mass is 16.7. The van der Waals surface area contributed by atoms with Gasteiger partial charge in [-0.2, -0.15) is 0 Å². The molecule has 0 spiro atoms. The highest BCUT2D eigenvalue weighted by molar-refractivity contribution is 6.15. The third-order valence-corrected chi connectivity index (χ3v) is 3.04. The van der Waals surface area contributed by atoms with E-state index in [1.165, 1.54) is 21.0 Å². The summed E-state index contributed by atoms with van der Waals surface area (Å²) >= 11 is 0. The number of ketones is 1. The van der Waals surface area contributed by atoms with Crippen LogP contribution in [0.5, 0.6) is 0 Å². The third-order valence-electron chi connectivity index (χ3n) is 3.04. The molecule has 1 heterocycles. The SMILES string of the molecule is COC(=O)NCCCCCC(=O)C1C(=O)OC(C)(C)OC1=O. The van der Waals surface area contributed by atoms with Crippen LogP contribution in [0.15, 0.2) is 0 Å². The van der Waals surface area contributed by atoms with Gasteiger partial charge >= 0.3 is 18.0 Å².